The van der Waals surface area contributed by atoms with Crippen LogP contribution < -0.4 is 0 Å². The number of rotatable bonds is 3. The first-order valence-corrected chi connectivity index (χ1v) is 7.11. The van der Waals surface area contributed by atoms with Gasteiger partial charge in [0.2, 0.25) is 0 Å². The van der Waals surface area contributed by atoms with E-state index < -0.39 is 0 Å². The van der Waals surface area contributed by atoms with Crippen molar-refractivity contribution >= 4 is 15.9 Å². The fraction of sp³-hybridized carbons (Fsp3) is 0.357. The van der Waals surface area contributed by atoms with Crippen LogP contribution in [-0.4, -0.2) is 36.4 Å². The van der Waals surface area contributed by atoms with Crippen LogP contribution in [0.4, 0.5) is 0 Å². The Morgan fingerprint density at radius 1 is 1.16 bits per heavy atom. The molecule has 0 unspecified atom stereocenters. The molecule has 1 aliphatic rings. The van der Waals surface area contributed by atoms with Gasteiger partial charge in [-0.1, -0.05) is 33.2 Å². The first-order chi connectivity index (χ1) is 9.33. The number of hydrogen-bond acceptors (Lipinski definition) is 4. The Kier molecular flexibility index (Phi) is 3.96. The van der Waals surface area contributed by atoms with Gasteiger partial charge in [0.15, 0.2) is 0 Å². The molecule has 3 rings (SSSR count). The van der Waals surface area contributed by atoms with E-state index in [0.29, 0.717) is 0 Å². The van der Waals surface area contributed by atoms with Crippen LogP contribution in [0.1, 0.15) is 5.56 Å². The quantitative estimate of drug-likeness (QED) is 0.870. The van der Waals surface area contributed by atoms with Gasteiger partial charge in [-0.15, -0.1) is 0 Å². The van der Waals surface area contributed by atoms with Crippen molar-refractivity contribution in [3.05, 3.63) is 40.6 Å². The largest absolute Gasteiger partial charge is 0.379 e. The maximum absolute atomic E-state index is 5.36. The minimum Gasteiger partial charge on any atom is -0.379 e. The second kappa shape index (κ2) is 5.86. The zero-order chi connectivity index (χ0) is 13.1. The summed E-state index contributed by atoms with van der Waals surface area (Å²) in [6.45, 7) is 4.39. The highest BCUT2D eigenvalue weighted by atomic mass is 79.9. The minimum atomic E-state index is 0.804. The molecule has 5 heteroatoms. The maximum atomic E-state index is 5.36. The topological polar surface area (TPSA) is 38.5 Å². The Morgan fingerprint density at radius 2 is 1.89 bits per heavy atom. The molecule has 0 amide bonds. The lowest BCUT2D eigenvalue weighted by Crippen LogP contribution is -2.35. The molecule has 0 radical (unpaired) electrons. The maximum Gasteiger partial charge on any atom is 0.128 e. The lowest BCUT2D eigenvalue weighted by Gasteiger charge is -2.26. The Morgan fingerprint density at radius 3 is 2.63 bits per heavy atom. The average Bonchev–Trinajstić information content (AvgIpc) is 2.89. The molecular weight excluding hydrogens is 308 g/mol. The summed E-state index contributed by atoms with van der Waals surface area (Å²) in [7, 11) is 0. The highest BCUT2D eigenvalue weighted by molar-refractivity contribution is 9.10. The normalized spacial score (nSPS) is 16.7. The molecule has 100 valence electrons. The van der Waals surface area contributed by atoms with Gasteiger partial charge in [0.25, 0.3) is 0 Å². The zero-order valence-electron chi connectivity index (χ0n) is 10.5. The van der Waals surface area contributed by atoms with Crippen LogP contribution in [0.25, 0.3) is 11.3 Å². The van der Waals surface area contributed by atoms with Crippen molar-refractivity contribution in [3.63, 3.8) is 0 Å². The molecule has 0 bridgehead atoms. The Balaban J connectivity index is 1.79. The van der Waals surface area contributed by atoms with Crippen LogP contribution in [0.5, 0.6) is 0 Å². The van der Waals surface area contributed by atoms with Crippen molar-refractivity contribution in [1.29, 1.82) is 0 Å². The van der Waals surface area contributed by atoms with Crippen LogP contribution in [0.15, 0.2) is 39.5 Å². The van der Waals surface area contributed by atoms with E-state index in [9.17, 15) is 0 Å². The fourth-order valence-corrected chi connectivity index (χ4v) is 2.48. The molecule has 2 heterocycles. The molecule has 0 atom stereocenters. The second-order valence-electron chi connectivity index (χ2n) is 4.58. The molecule has 0 aliphatic carbocycles. The van der Waals surface area contributed by atoms with Crippen LogP contribution in [0, 0.1) is 0 Å². The third-order valence-corrected chi connectivity index (χ3v) is 3.79. The van der Waals surface area contributed by atoms with Gasteiger partial charge in [-0.25, -0.2) is 0 Å². The van der Waals surface area contributed by atoms with Crippen molar-refractivity contribution < 1.29 is 9.26 Å². The summed E-state index contributed by atoms with van der Waals surface area (Å²) in [5.41, 5.74) is 3.14. The van der Waals surface area contributed by atoms with Gasteiger partial charge in [-0.2, -0.15) is 0 Å². The summed E-state index contributed by atoms with van der Waals surface area (Å²) < 4.78 is 11.6. The fourth-order valence-electron chi connectivity index (χ4n) is 2.22. The van der Waals surface area contributed by atoms with Crippen molar-refractivity contribution in [2.24, 2.45) is 0 Å². The summed E-state index contributed by atoms with van der Waals surface area (Å²) in [5, 5.41) is 4.13. The SMILES string of the molecule is Brc1ccc(-c2nocc2CN2CCOCC2)cc1. The van der Waals surface area contributed by atoms with E-state index in [1.54, 1.807) is 6.26 Å². The Labute approximate surface area is 120 Å². The van der Waals surface area contributed by atoms with E-state index in [0.717, 1.165) is 54.1 Å². The predicted octanol–water partition coefficient (Wildman–Crippen LogP) is 2.94. The van der Waals surface area contributed by atoms with Crippen LogP contribution >= 0.6 is 15.9 Å². The van der Waals surface area contributed by atoms with E-state index in [-0.39, 0.29) is 0 Å². The van der Waals surface area contributed by atoms with E-state index in [2.05, 4.69) is 26.0 Å². The van der Waals surface area contributed by atoms with E-state index in [1.165, 1.54) is 0 Å². The van der Waals surface area contributed by atoms with E-state index in [4.69, 9.17) is 9.26 Å². The van der Waals surface area contributed by atoms with Crippen molar-refractivity contribution in [3.8, 4) is 11.3 Å². The van der Waals surface area contributed by atoms with Crippen LogP contribution in [-0.2, 0) is 11.3 Å². The number of hydrogen-bond donors (Lipinski definition) is 0. The van der Waals surface area contributed by atoms with Gasteiger partial charge >= 0.3 is 0 Å². The molecule has 4 nitrogen and oxygen atoms in total. The van der Waals surface area contributed by atoms with Gasteiger partial charge < -0.3 is 9.26 Å². The summed E-state index contributed by atoms with van der Waals surface area (Å²) in [4.78, 5) is 2.36. The van der Waals surface area contributed by atoms with Crippen molar-refractivity contribution in [1.82, 2.24) is 10.1 Å². The van der Waals surface area contributed by atoms with Gasteiger partial charge in [0.05, 0.1) is 13.2 Å². The Bertz CT molecular complexity index is 533. The van der Waals surface area contributed by atoms with Crippen molar-refractivity contribution in [2.45, 2.75) is 6.54 Å². The number of nitrogens with zero attached hydrogens (tertiary/aromatic N) is 2. The second-order valence-corrected chi connectivity index (χ2v) is 5.50. The summed E-state index contributed by atoms with van der Waals surface area (Å²) >= 11 is 3.44. The third kappa shape index (κ3) is 3.05. The third-order valence-electron chi connectivity index (χ3n) is 3.26. The summed E-state index contributed by atoms with van der Waals surface area (Å²) in [6, 6.07) is 8.13. The molecule has 19 heavy (non-hydrogen) atoms. The van der Waals surface area contributed by atoms with Crippen LogP contribution in [0.2, 0.25) is 0 Å². The van der Waals surface area contributed by atoms with Gasteiger partial charge in [-0.05, 0) is 12.1 Å². The number of aromatic nitrogens is 1. The highest BCUT2D eigenvalue weighted by Gasteiger charge is 2.16. The number of halogens is 1. The monoisotopic (exact) mass is 322 g/mol. The summed E-state index contributed by atoms with van der Waals surface area (Å²) in [5.74, 6) is 0. The molecule has 0 spiro atoms. The molecule has 1 fully saturated rings. The standard InChI is InChI=1S/C14H15BrN2O2/c15-13-3-1-11(2-4-13)14-12(10-19-16-14)9-17-5-7-18-8-6-17/h1-4,10H,5-9H2. The Hall–Kier alpha value is -1.17. The molecule has 1 aliphatic heterocycles. The predicted molar refractivity (Wildman–Crippen MR) is 75.7 cm³/mol. The first kappa shape index (κ1) is 12.8. The number of ether oxygens (including phenoxy) is 1. The molecular formula is C14H15BrN2O2. The number of morpholine rings is 1. The summed E-state index contributed by atoms with van der Waals surface area (Å²) in [6.07, 6.45) is 1.74. The van der Waals surface area contributed by atoms with Gasteiger partial charge in [0.1, 0.15) is 12.0 Å². The van der Waals surface area contributed by atoms with Crippen molar-refractivity contribution in [2.75, 3.05) is 26.3 Å². The molecule has 1 aromatic heterocycles. The molecule has 2 aromatic rings. The molecule has 1 saturated heterocycles. The highest BCUT2D eigenvalue weighted by Crippen LogP contribution is 2.25. The zero-order valence-corrected chi connectivity index (χ0v) is 12.1. The molecule has 1 aromatic carbocycles. The minimum absolute atomic E-state index is 0.804. The average molecular weight is 323 g/mol. The smallest absolute Gasteiger partial charge is 0.128 e. The number of benzene rings is 1. The lowest BCUT2D eigenvalue weighted by molar-refractivity contribution is 0.0342. The molecule has 0 N–H and O–H groups in total. The van der Waals surface area contributed by atoms with Crippen LogP contribution in [0.3, 0.4) is 0 Å². The van der Waals surface area contributed by atoms with E-state index in [1.807, 2.05) is 24.3 Å². The molecule has 0 saturated carbocycles. The van der Waals surface area contributed by atoms with Gasteiger partial charge in [0, 0.05) is 35.2 Å². The van der Waals surface area contributed by atoms with Gasteiger partial charge in [-0.3, -0.25) is 4.90 Å². The first-order valence-electron chi connectivity index (χ1n) is 6.32. The lowest BCUT2D eigenvalue weighted by atomic mass is 10.1. The van der Waals surface area contributed by atoms with E-state index >= 15 is 0 Å².